The predicted molar refractivity (Wildman–Crippen MR) is 193 cm³/mol. The Morgan fingerprint density at radius 1 is 0.981 bits per heavy atom. The number of primary amides is 2. The van der Waals surface area contributed by atoms with Crippen LogP contribution < -0.4 is 27.3 Å². The minimum Gasteiger partial charge on any atom is -0.491 e. The number of nitrogens with one attached hydrogen (secondary N) is 1. The fourth-order valence-corrected chi connectivity index (χ4v) is 7.10. The number of nitrogen functional groups attached to an aromatic ring is 1. The average Bonchev–Trinajstić information content (AvgIpc) is 3.83. The predicted octanol–water partition coefficient (Wildman–Crippen LogP) is 2.23. The molecular weight excluding hydrogens is 668 g/mol. The molecule has 3 amide bonds. The second-order valence-electron chi connectivity index (χ2n) is 13.0. The second-order valence-corrected chi connectivity index (χ2v) is 13.0. The van der Waals surface area contributed by atoms with Gasteiger partial charge in [-0.05, 0) is 57.4 Å². The third-order valence-electron chi connectivity index (χ3n) is 9.60. The van der Waals surface area contributed by atoms with Gasteiger partial charge in [0.2, 0.25) is 23.7 Å². The van der Waals surface area contributed by atoms with Crippen LogP contribution in [0.5, 0.6) is 5.75 Å². The number of allylic oxidation sites excluding steroid dienone is 2. The Labute approximate surface area is 298 Å². The van der Waals surface area contributed by atoms with Gasteiger partial charge in [0.1, 0.15) is 22.5 Å². The van der Waals surface area contributed by atoms with Gasteiger partial charge in [0.25, 0.3) is 5.91 Å². The minimum atomic E-state index is -0.641. The van der Waals surface area contributed by atoms with Crippen molar-refractivity contribution >= 4 is 51.8 Å². The van der Waals surface area contributed by atoms with Gasteiger partial charge in [-0.3, -0.25) is 33.8 Å². The maximum absolute atomic E-state index is 13.4. The second kappa shape index (κ2) is 14.4. The number of pyridine rings is 1. The molecule has 272 valence electrons. The summed E-state index contributed by atoms with van der Waals surface area (Å²) in [5, 5.41) is 7.25. The zero-order valence-corrected chi connectivity index (χ0v) is 29.1. The number of benzene rings is 1. The van der Waals surface area contributed by atoms with Crippen molar-refractivity contribution in [2.45, 2.75) is 64.8 Å². The Hall–Kier alpha value is -5.81. The number of carbonyl (C=O) groups is 3. The van der Waals surface area contributed by atoms with Crippen LogP contribution in [0, 0.1) is 6.92 Å². The van der Waals surface area contributed by atoms with Crippen LogP contribution >= 0.6 is 0 Å². The number of hydrogen-bond acceptors (Lipinski definition) is 11. The number of aromatic nitrogens is 7. The quantitative estimate of drug-likeness (QED) is 0.0965. The standard InChI is InChI=1S/C35H42N12O5/c1-3-47-27(13-20(2)43-47)33(50)42-35-41-26-15-22(31(37)49)17-39-32(26)46(35)10-5-4-9-45-29-25(40-34(45)38)14-21(30(36)48)16-28(29)52-12-6-11-44-23-7-8-24(44)19-51-18-23/h4-5,13-17,23-24H,3,6-12,18-19H2,1-2H3,(H2,36,48)(H2,37,49)(H2,38,40)(H,41,42,50)/b5-4+. The number of amides is 3. The van der Waals surface area contributed by atoms with E-state index < -0.39 is 17.7 Å². The Kier molecular flexibility index (Phi) is 9.61. The van der Waals surface area contributed by atoms with E-state index in [1.807, 2.05) is 26.0 Å². The van der Waals surface area contributed by atoms with Crippen LogP contribution in [0.4, 0.5) is 11.9 Å². The van der Waals surface area contributed by atoms with Crippen LogP contribution in [0.25, 0.3) is 22.2 Å². The Morgan fingerprint density at radius 3 is 2.40 bits per heavy atom. The van der Waals surface area contributed by atoms with Gasteiger partial charge < -0.3 is 31.2 Å². The fraction of sp³-hybridized carbons (Fsp3) is 0.400. The number of morpholine rings is 1. The zero-order chi connectivity index (χ0) is 36.5. The van der Waals surface area contributed by atoms with Gasteiger partial charge in [0.05, 0.1) is 36.6 Å². The van der Waals surface area contributed by atoms with Gasteiger partial charge >= 0.3 is 0 Å². The molecule has 0 saturated carbocycles. The van der Waals surface area contributed by atoms with Crippen molar-refractivity contribution in [2.75, 3.05) is 37.4 Å². The molecule has 0 radical (unpaired) electrons. The molecule has 2 saturated heterocycles. The zero-order valence-electron chi connectivity index (χ0n) is 29.1. The van der Waals surface area contributed by atoms with Crippen LogP contribution in [0.3, 0.4) is 0 Å². The van der Waals surface area contributed by atoms with Crippen LogP contribution in [-0.2, 0) is 24.4 Å². The smallest absolute Gasteiger partial charge is 0.276 e. The van der Waals surface area contributed by atoms with Crippen molar-refractivity contribution in [3.8, 4) is 5.75 Å². The number of carbonyl (C=O) groups excluding carboxylic acids is 3. The minimum absolute atomic E-state index is 0.193. The third-order valence-corrected chi connectivity index (χ3v) is 9.60. The van der Waals surface area contributed by atoms with Crippen molar-refractivity contribution in [3.05, 3.63) is 65.1 Å². The topological polar surface area (TPSA) is 229 Å². The largest absolute Gasteiger partial charge is 0.491 e. The van der Waals surface area contributed by atoms with E-state index >= 15 is 0 Å². The summed E-state index contributed by atoms with van der Waals surface area (Å²) in [6.45, 7) is 7.67. The molecule has 2 bridgehead atoms. The molecule has 4 aromatic heterocycles. The first-order valence-corrected chi connectivity index (χ1v) is 17.3. The highest BCUT2D eigenvalue weighted by atomic mass is 16.5. The molecule has 5 aromatic rings. The fourth-order valence-electron chi connectivity index (χ4n) is 7.10. The molecular formula is C35H42N12O5. The molecule has 17 heteroatoms. The maximum atomic E-state index is 13.4. The highest BCUT2D eigenvalue weighted by Crippen LogP contribution is 2.31. The van der Waals surface area contributed by atoms with Gasteiger partial charge in [-0.1, -0.05) is 12.2 Å². The van der Waals surface area contributed by atoms with Gasteiger partial charge in [0, 0.05) is 50.0 Å². The summed E-state index contributed by atoms with van der Waals surface area (Å²) in [7, 11) is 0. The lowest BCUT2D eigenvalue weighted by molar-refractivity contribution is -0.0160. The number of fused-ring (bicyclic) bond motifs is 4. The third kappa shape index (κ3) is 6.79. The maximum Gasteiger partial charge on any atom is 0.276 e. The Balaban J connectivity index is 1.11. The number of aryl methyl sites for hydroxylation is 2. The Bertz CT molecular complexity index is 2180. The molecule has 2 aliphatic heterocycles. The number of anilines is 2. The molecule has 2 unspecified atom stereocenters. The van der Waals surface area contributed by atoms with E-state index in [9.17, 15) is 14.4 Å². The molecule has 17 nitrogen and oxygen atoms in total. The summed E-state index contributed by atoms with van der Waals surface area (Å²) in [6, 6.07) is 7.40. The molecule has 52 heavy (non-hydrogen) atoms. The van der Waals surface area contributed by atoms with Crippen molar-refractivity contribution in [1.82, 2.24) is 38.8 Å². The number of hydrogen-bond donors (Lipinski definition) is 4. The SMILES string of the molecule is CCn1nc(C)cc1C(=O)Nc1nc2cc(C(N)=O)cnc2n1C/C=C/Cn1c(N)nc2cc(C(N)=O)cc(OCCCN3C4CCC3COC4)c21. The van der Waals surface area contributed by atoms with E-state index in [2.05, 4.69) is 30.3 Å². The molecule has 6 heterocycles. The molecule has 0 spiro atoms. The van der Waals surface area contributed by atoms with Crippen molar-refractivity contribution < 1.29 is 23.9 Å². The molecule has 0 aliphatic carbocycles. The lowest BCUT2D eigenvalue weighted by Gasteiger charge is -2.34. The molecule has 2 atom stereocenters. The number of rotatable bonds is 14. The number of nitrogens with two attached hydrogens (primary N) is 3. The van der Waals surface area contributed by atoms with E-state index in [0.29, 0.717) is 71.1 Å². The normalized spacial score (nSPS) is 17.4. The summed E-state index contributed by atoms with van der Waals surface area (Å²) >= 11 is 0. The number of imidazole rings is 2. The van der Waals surface area contributed by atoms with Crippen LogP contribution in [0.2, 0.25) is 0 Å². The lowest BCUT2D eigenvalue weighted by atomic mass is 10.1. The first-order chi connectivity index (χ1) is 25.1. The van der Waals surface area contributed by atoms with Crippen LogP contribution in [-0.4, -0.2) is 94.9 Å². The van der Waals surface area contributed by atoms with Crippen molar-refractivity contribution in [2.24, 2.45) is 11.5 Å². The molecule has 1 aromatic carbocycles. The summed E-state index contributed by atoms with van der Waals surface area (Å²) < 4.78 is 17.1. The molecule has 7 rings (SSSR count). The average molecular weight is 711 g/mol. The first kappa shape index (κ1) is 34.6. The van der Waals surface area contributed by atoms with E-state index in [1.54, 1.807) is 32.0 Å². The van der Waals surface area contributed by atoms with Crippen LogP contribution in [0.15, 0.2) is 42.6 Å². The number of ether oxygens (including phenoxy) is 2. The molecule has 7 N–H and O–H groups in total. The molecule has 2 fully saturated rings. The van der Waals surface area contributed by atoms with E-state index in [4.69, 9.17) is 26.7 Å². The summed E-state index contributed by atoms with van der Waals surface area (Å²) in [4.78, 5) is 53.4. The van der Waals surface area contributed by atoms with Gasteiger partial charge in [-0.15, -0.1) is 0 Å². The Morgan fingerprint density at radius 2 is 1.69 bits per heavy atom. The highest BCUT2D eigenvalue weighted by molar-refractivity contribution is 6.03. The van der Waals surface area contributed by atoms with E-state index in [0.717, 1.165) is 39.0 Å². The van der Waals surface area contributed by atoms with E-state index in [1.165, 1.54) is 12.3 Å². The molecule has 2 aliphatic rings. The van der Waals surface area contributed by atoms with Crippen molar-refractivity contribution in [1.29, 1.82) is 0 Å². The monoisotopic (exact) mass is 710 g/mol. The first-order valence-electron chi connectivity index (χ1n) is 17.3. The van der Waals surface area contributed by atoms with Gasteiger partial charge in [-0.25, -0.2) is 15.0 Å². The van der Waals surface area contributed by atoms with Gasteiger partial charge in [-0.2, -0.15) is 5.10 Å². The summed E-state index contributed by atoms with van der Waals surface area (Å²) in [6.07, 6.45) is 8.25. The summed E-state index contributed by atoms with van der Waals surface area (Å²) in [5.41, 5.74) is 21.1. The van der Waals surface area contributed by atoms with Gasteiger partial charge in [0.15, 0.2) is 5.65 Å². The number of nitrogens with zero attached hydrogens (tertiary/aromatic N) is 8. The lowest BCUT2D eigenvalue weighted by Crippen LogP contribution is -2.46. The van der Waals surface area contributed by atoms with Crippen LogP contribution in [0.1, 0.15) is 63.1 Å². The van der Waals surface area contributed by atoms with Crippen molar-refractivity contribution in [3.63, 3.8) is 0 Å². The summed E-state index contributed by atoms with van der Waals surface area (Å²) in [5.74, 6) is -0.692. The highest BCUT2D eigenvalue weighted by Gasteiger charge is 2.36. The van der Waals surface area contributed by atoms with E-state index in [-0.39, 0.29) is 29.6 Å².